The maximum atomic E-state index is 11.3. The summed E-state index contributed by atoms with van der Waals surface area (Å²) in [5.74, 6) is -1.81. The number of primary amides is 1. The molecule has 98 valence electrons. The van der Waals surface area contributed by atoms with Gasteiger partial charge < -0.3 is 20.3 Å². The second-order valence-electron chi connectivity index (χ2n) is 3.61. The number of rotatable bonds is 6. The standard InChI is InChI=1S/C12H15NO5/c1-17-10(18-2)6-9-7(11(13)14)4-3-5-8(9)12(15)16/h3-5,10H,6H2,1-2H3,(H2,13,14)(H,15,16). The first-order valence-corrected chi connectivity index (χ1v) is 5.21. The summed E-state index contributed by atoms with van der Waals surface area (Å²) >= 11 is 0. The smallest absolute Gasteiger partial charge is 0.335 e. The van der Waals surface area contributed by atoms with Crippen molar-refractivity contribution in [2.75, 3.05) is 14.2 Å². The van der Waals surface area contributed by atoms with Crippen LogP contribution in [0.2, 0.25) is 0 Å². The van der Waals surface area contributed by atoms with E-state index in [0.717, 1.165) is 0 Å². The summed E-state index contributed by atoms with van der Waals surface area (Å²) in [5.41, 5.74) is 5.72. The number of hydrogen-bond donors (Lipinski definition) is 2. The molecule has 1 rings (SSSR count). The summed E-state index contributed by atoms with van der Waals surface area (Å²) in [6, 6.07) is 4.36. The fourth-order valence-electron chi connectivity index (χ4n) is 1.67. The molecule has 0 atom stereocenters. The van der Waals surface area contributed by atoms with Gasteiger partial charge in [0, 0.05) is 26.2 Å². The van der Waals surface area contributed by atoms with Gasteiger partial charge in [0.15, 0.2) is 6.29 Å². The van der Waals surface area contributed by atoms with Crippen molar-refractivity contribution in [3.63, 3.8) is 0 Å². The summed E-state index contributed by atoms with van der Waals surface area (Å²) in [7, 11) is 2.86. The van der Waals surface area contributed by atoms with Gasteiger partial charge in [-0.05, 0) is 17.7 Å². The van der Waals surface area contributed by atoms with E-state index in [1.165, 1.54) is 32.4 Å². The fourth-order valence-corrected chi connectivity index (χ4v) is 1.67. The van der Waals surface area contributed by atoms with Crippen LogP contribution in [-0.4, -0.2) is 37.5 Å². The highest BCUT2D eigenvalue weighted by atomic mass is 16.7. The van der Waals surface area contributed by atoms with Gasteiger partial charge in [0.05, 0.1) is 5.56 Å². The molecule has 0 spiro atoms. The molecule has 0 aliphatic carbocycles. The molecule has 0 saturated heterocycles. The summed E-state index contributed by atoms with van der Waals surface area (Å²) in [4.78, 5) is 22.4. The van der Waals surface area contributed by atoms with E-state index in [9.17, 15) is 9.59 Å². The van der Waals surface area contributed by atoms with Gasteiger partial charge in [0.25, 0.3) is 0 Å². The number of methoxy groups -OCH3 is 2. The predicted molar refractivity (Wildman–Crippen MR) is 63.4 cm³/mol. The molecule has 1 amide bonds. The minimum atomic E-state index is -1.13. The number of nitrogens with two attached hydrogens (primary N) is 1. The van der Waals surface area contributed by atoms with Gasteiger partial charge >= 0.3 is 5.97 Å². The fraction of sp³-hybridized carbons (Fsp3) is 0.333. The van der Waals surface area contributed by atoms with Crippen LogP contribution in [0.5, 0.6) is 0 Å². The first kappa shape index (κ1) is 14.1. The maximum absolute atomic E-state index is 11.3. The second-order valence-corrected chi connectivity index (χ2v) is 3.61. The minimum absolute atomic E-state index is 0.0189. The predicted octanol–water partition coefficient (Wildman–Crippen LogP) is 0.645. The quantitative estimate of drug-likeness (QED) is 0.725. The highest BCUT2D eigenvalue weighted by molar-refractivity contribution is 5.99. The molecule has 0 aliphatic heterocycles. The normalized spacial score (nSPS) is 10.6. The van der Waals surface area contributed by atoms with Crippen molar-refractivity contribution in [2.24, 2.45) is 5.73 Å². The molecule has 1 aromatic rings. The number of ether oxygens (including phenoxy) is 2. The van der Waals surface area contributed by atoms with Crippen LogP contribution in [0.4, 0.5) is 0 Å². The molecule has 0 aromatic heterocycles. The van der Waals surface area contributed by atoms with Crippen molar-refractivity contribution in [2.45, 2.75) is 12.7 Å². The third kappa shape index (κ3) is 3.06. The van der Waals surface area contributed by atoms with E-state index >= 15 is 0 Å². The average Bonchev–Trinajstić information content (AvgIpc) is 2.35. The summed E-state index contributed by atoms with van der Waals surface area (Å²) in [6.07, 6.45) is -0.503. The Morgan fingerprint density at radius 1 is 1.28 bits per heavy atom. The van der Waals surface area contributed by atoms with Crippen molar-refractivity contribution >= 4 is 11.9 Å². The number of benzene rings is 1. The number of hydrogen-bond acceptors (Lipinski definition) is 4. The van der Waals surface area contributed by atoms with Crippen LogP contribution < -0.4 is 5.73 Å². The van der Waals surface area contributed by atoms with Gasteiger partial charge in [-0.3, -0.25) is 4.79 Å². The van der Waals surface area contributed by atoms with E-state index in [2.05, 4.69) is 0 Å². The lowest BCUT2D eigenvalue weighted by Crippen LogP contribution is -2.22. The highest BCUT2D eigenvalue weighted by Gasteiger charge is 2.20. The molecule has 0 fully saturated rings. The van der Waals surface area contributed by atoms with Gasteiger partial charge in [-0.25, -0.2) is 4.79 Å². The number of carbonyl (C=O) groups excluding carboxylic acids is 1. The molecule has 18 heavy (non-hydrogen) atoms. The largest absolute Gasteiger partial charge is 0.478 e. The molecule has 0 heterocycles. The van der Waals surface area contributed by atoms with E-state index in [1.807, 2.05) is 0 Å². The van der Waals surface area contributed by atoms with Gasteiger partial charge in [-0.1, -0.05) is 6.07 Å². The zero-order chi connectivity index (χ0) is 13.7. The molecule has 0 bridgehead atoms. The highest BCUT2D eigenvalue weighted by Crippen LogP contribution is 2.18. The number of carboxylic acid groups (broad SMARTS) is 1. The van der Waals surface area contributed by atoms with Gasteiger partial charge in [-0.2, -0.15) is 0 Å². The molecule has 6 heteroatoms. The van der Waals surface area contributed by atoms with E-state index in [1.54, 1.807) is 0 Å². The summed E-state index contributed by atoms with van der Waals surface area (Å²) < 4.78 is 10.0. The molecule has 6 nitrogen and oxygen atoms in total. The van der Waals surface area contributed by atoms with Crippen molar-refractivity contribution in [1.82, 2.24) is 0 Å². The zero-order valence-corrected chi connectivity index (χ0v) is 10.2. The Balaban J connectivity index is 3.26. The Morgan fingerprint density at radius 2 is 1.83 bits per heavy atom. The van der Waals surface area contributed by atoms with Gasteiger partial charge in [-0.15, -0.1) is 0 Å². The third-order valence-corrected chi connectivity index (χ3v) is 2.57. The molecule has 0 unspecified atom stereocenters. The van der Waals surface area contributed by atoms with Crippen LogP contribution in [-0.2, 0) is 15.9 Å². The van der Waals surface area contributed by atoms with Crippen LogP contribution in [0.25, 0.3) is 0 Å². The SMILES string of the molecule is COC(Cc1c(C(N)=O)cccc1C(=O)O)OC. The monoisotopic (exact) mass is 253 g/mol. The van der Waals surface area contributed by atoms with Crippen molar-refractivity contribution in [1.29, 1.82) is 0 Å². The number of aromatic carboxylic acids is 1. The summed E-state index contributed by atoms with van der Waals surface area (Å²) in [6.45, 7) is 0. The Hall–Kier alpha value is -1.92. The van der Waals surface area contributed by atoms with Crippen molar-refractivity contribution < 1.29 is 24.2 Å². The van der Waals surface area contributed by atoms with Crippen molar-refractivity contribution in [3.8, 4) is 0 Å². The molecule has 3 N–H and O–H groups in total. The Morgan fingerprint density at radius 3 is 2.28 bits per heavy atom. The molecule has 0 saturated carbocycles. The lowest BCUT2D eigenvalue weighted by molar-refractivity contribution is -0.100. The van der Waals surface area contributed by atoms with E-state index in [0.29, 0.717) is 5.56 Å². The van der Waals surface area contributed by atoms with Crippen molar-refractivity contribution in [3.05, 3.63) is 34.9 Å². The Labute approximate surface area is 104 Å². The maximum Gasteiger partial charge on any atom is 0.335 e. The molecule has 1 aromatic carbocycles. The van der Waals surface area contributed by atoms with E-state index < -0.39 is 18.2 Å². The first-order chi connectivity index (χ1) is 8.51. The van der Waals surface area contributed by atoms with Crippen LogP contribution in [0.1, 0.15) is 26.3 Å². The Bertz CT molecular complexity index is 422. The van der Waals surface area contributed by atoms with Crippen LogP contribution in [0.3, 0.4) is 0 Å². The number of carbonyl (C=O) groups is 2. The Kier molecular flexibility index (Phi) is 4.82. The lowest BCUT2D eigenvalue weighted by atomic mass is 9.97. The molecular formula is C12H15NO5. The third-order valence-electron chi connectivity index (χ3n) is 2.57. The molecule has 0 radical (unpaired) electrons. The van der Waals surface area contributed by atoms with Gasteiger partial charge in [0.2, 0.25) is 5.91 Å². The molecular weight excluding hydrogens is 238 g/mol. The topological polar surface area (TPSA) is 98.9 Å². The number of amides is 1. The summed E-state index contributed by atoms with van der Waals surface area (Å²) in [5, 5.41) is 9.10. The van der Waals surface area contributed by atoms with Gasteiger partial charge in [0.1, 0.15) is 0 Å². The van der Waals surface area contributed by atoms with E-state index in [4.69, 9.17) is 20.3 Å². The number of carboxylic acids is 1. The lowest BCUT2D eigenvalue weighted by Gasteiger charge is -2.16. The van der Waals surface area contributed by atoms with Crippen LogP contribution >= 0.6 is 0 Å². The van der Waals surface area contributed by atoms with Crippen LogP contribution in [0.15, 0.2) is 18.2 Å². The molecule has 0 aliphatic rings. The average molecular weight is 253 g/mol. The zero-order valence-electron chi connectivity index (χ0n) is 10.2. The van der Waals surface area contributed by atoms with E-state index in [-0.39, 0.29) is 17.5 Å². The first-order valence-electron chi connectivity index (χ1n) is 5.21. The van der Waals surface area contributed by atoms with Crippen LogP contribution in [0, 0.1) is 0 Å². The second kappa shape index (κ2) is 6.13. The minimum Gasteiger partial charge on any atom is -0.478 e.